The predicted octanol–water partition coefficient (Wildman–Crippen LogP) is 3.70. The zero-order valence-corrected chi connectivity index (χ0v) is 12.5. The second kappa shape index (κ2) is 5.48. The molecule has 4 heteroatoms. The van der Waals surface area contributed by atoms with Gasteiger partial charge in [0.25, 0.3) is 11.4 Å². The third kappa shape index (κ3) is 2.19. The van der Waals surface area contributed by atoms with Crippen LogP contribution in [0.15, 0.2) is 60.7 Å². The van der Waals surface area contributed by atoms with E-state index in [0.29, 0.717) is 22.8 Å². The molecular formula is C18H16N2O2. The van der Waals surface area contributed by atoms with Crippen LogP contribution in [0.1, 0.15) is 11.4 Å². The number of aromatic nitrogens is 2. The molecule has 3 rings (SSSR count). The van der Waals surface area contributed by atoms with E-state index >= 15 is 0 Å². The van der Waals surface area contributed by atoms with Crippen LogP contribution < -0.4 is 4.43 Å². The largest absolute Gasteiger partial charge is 0.805 e. The Morgan fingerprint density at radius 3 is 1.91 bits per heavy atom. The maximum absolute atomic E-state index is 12.7. The first kappa shape index (κ1) is 14.1. The second-order valence-corrected chi connectivity index (χ2v) is 5.19. The lowest BCUT2D eigenvalue weighted by atomic mass is 10.1. The number of rotatable bonds is 2. The van der Waals surface area contributed by atoms with E-state index in [1.807, 2.05) is 60.7 Å². The maximum Gasteiger partial charge on any atom is 0.289 e. The summed E-state index contributed by atoms with van der Waals surface area (Å²) in [5.74, 6) is 0. The highest BCUT2D eigenvalue weighted by atomic mass is 16.5. The molecule has 0 unspecified atom stereocenters. The monoisotopic (exact) mass is 292 g/mol. The van der Waals surface area contributed by atoms with E-state index < -0.39 is 0 Å². The first-order valence-electron chi connectivity index (χ1n) is 7.08. The van der Waals surface area contributed by atoms with E-state index in [1.54, 1.807) is 13.8 Å². The van der Waals surface area contributed by atoms with Gasteiger partial charge in [0.15, 0.2) is 0 Å². The molecule has 4 nitrogen and oxygen atoms in total. The van der Waals surface area contributed by atoms with E-state index in [2.05, 4.69) is 0 Å². The predicted molar refractivity (Wildman–Crippen MR) is 86.9 cm³/mol. The fourth-order valence-corrected chi connectivity index (χ4v) is 2.67. The third-order valence-corrected chi connectivity index (χ3v) is 3.80. The van der Waals surface area contributed by atoms with Crippen molar-refractivity contribution in [3.05, 3.63) is 82.2 Å². The smallest absolute Gasteiger partial charge is 0.289 e. The zero-order valence-electron chi connectivity index (χ0n) is 12.5. The average Bonchev–Trinajstić information content (AvgIpc) is 2.55. The molecule has 0 aliphatic rings. The Morgan fingerprint density at radius 1 is 0.864 bits per heavy atom. The zero-order chi connectivity index (χ0) is 15.7. The molecule has 0 aliphatic heterocycles. The molecule has 0 radical (unpaired) electrons. The highest BCUT2D eigenvalue weighted by Gasteiger charge is 2.24. The van der Waals surface area contributed by atoms with Crippen molar-refractivity contribution >= 4 is 0 Å². The Hall–Kier alpha value is -2.88. The number of benzene rings is 2. The van der Waals surface area contributed by atoms with Crippen LogP contribution in [0.5, 0.6) is 0 Å². The van der Waals surface area contributed by atoms with Crippen molar-refractivity contribution in [3.63, 3.8) is 0 Å². The van der Waals surface area contributed by atoms with E-state index in [4.69, 9.17) is 0 Å². The molecule has 0 saturated carbocycles. The maximum atomic E-state index is 12.7. The Balaban J connectivity index is 2.34. The molecule has 1 heterocycles. The highest BCUT2D eigenvalue weighted by molar-refractivity contribution is 5.65. The Labute approximate surface area is 128 Å². The normalized spacial score (nSPS) is 10.6. The molecule has 1 aromatic heterocycles. The molecule has 0 bridgehead atoms. The van der Waals surface area contributed by atoms with E-state index in [-0.39, 0.29) is 0 Å². The summed E-state index contributed by atoms with van der Waals surface area (Å²) in [4.78, 5) is 12.7. The van der Waals surface area contributed by atoms with Gasteiger partial charge in [0, 0.05) is 17.4 Å². The van der Waals surface area contributed by atoms with E-state index in [1.165, 1.54) is 0 Å². The quantitative estimate of drug-likeness (QED) is 0.676. The topological polar surface area (TPSA) is 51.0 Å². The molecule has 0 amide bonds. The lowest BCUT2D eigenvalue weighted by molar-refractivity contribution is -0.490. The number of nitrogens with zero attached hydrogens (tertiary/aromatic N) is 2. The van der Waals surface area contributed by atoms with Crippen molar-refractivity contribution in [2.75, 3.05) is 0 Å². The van der Waals surface area contributed by atoms with Gasteiger partial charge in [-0.2, -0.15) is 0 Å². The standard InChI is InChI=1S/C18H16N2O2/c1-13-17(15-9-5-3-6-10-15)20(22)14(2)18(19(13)21)16-11-7-4-8-12-16/h3-12H,1-2H3. The van der Waals surface area contributed by atoms with Crippen LogP contribution in [0.4, 0.5) is 0 Å². The van der Waals surface area contributed by atoms with Gasteiger partial charge in [0.2, 0.25) is 0 Å². The molecular weight excluding hydrogens is 276 g/mol. The first-order chi connectivity index (χ1) is 10.6. The highest BCUT2D eigenvalue weighted by Crippen LogP contribution is 2.26. The lowest BCUT2D eigenvalue weighted by Gasteiger charge is -2.20. The molecule has 0 fully saturated rings. The molecule has 22 heavy (non-hydrogen) atoms. The second-order valence-electron chi connectivity index (χ2n) is 5.19. The van der Waals surface area contributed by atoms with Gasteiger partial charge in [0.1, 0.15) is 5.69 Å². The fraction of sp³-hybridized carbons (Fsp3) is 0.111. The van der Waals surface area contributed by atoms with Gasteiger partial charge in [-0.3, -0.25) is 0 Å². The van der Waals surface area contributed by atoms with Crippen LogP contribution in [0.2, 0.25) is 0 Å². The van der Waals surface area contributed by atoms with E-state index in [9.17, 15) is 10.1 Å². The van der Waals surface area contributed by atoms with Crippen molar-refractivity contribution in [2.45, 2.75) is 13.8 Å². The molecule has 3 aromatic rings. The summed E-state index contributed by atoms with van der Waals surface area (Å²) < 4.78 is 1.70. The van der Waals surface area contributed by atoms with Gasteiger partial charge in [-0.1, -0.05) is 48.5 Å². The molecule has 0 saturated heterocycles. The van der Waals surface area contributed by atoms with Crippen LogP contribution in [0.3, 0.4) is 0 Å². The molecule has 0 aliphatic carbocycles. The molecule has 2 aromatic carbocycles. The van der Waals surface area contributed by atoms with Crippen molar-refractivity contribution in [2.24, 2.45) is 0 Å². The van der Waals surface area contributed by atoms with Crippen LogP contribution in [-0.4, -0.2) is 4.73 Å². The van der Waals surface area contributed by atoms with Gasteiger partial charge in [-0.25, -0.2) is 0 Å². The minimum absolute atomic E-state index is 0.394. The molecule has 0 N–H and O–H groups in total. The van der Waals surface area contributed by atoms with Gasteiger partial charge in [-0.15, -0.1) is 0 Å². The minimum Gasteiger partial charge on any atom is -0.805 e. The summed E-state index contributed by atoms with van der Waals surface area (Å²) in [5, 5.41) is 12.7. The van der Waals surface area contributed by atoms with Gasteiger partial charge in [-0.05, 0) is 19.1 Å². The van der Waals surface area contributed by atoms with Crippen molar-refractivity contribution < 1.29 is 4.43 Å². The van der Waals surface area contributed by atoms with Crippen LogP contribution >= 0.6 is 0 Å². The molecule has 0 spiro atoms. The summed E-state index contributed by atoms with van der Waals surface area (Å²) >= 11 is 0. The summed E-state index contributed by atoms with van der Waals surface area (Å²) in [6, 6.07) is 18.5. The summed E-state index contributed by atoms with van der Waals surface area (Å²) in [6.07, 6.45) is 0. The molecule has 110 valence electrons. The average molecular weight is 292 g/mol. The van der Waals surface area contributed by atoms with E-state index in [0.717, 1.165) is 20.3 Å². The van der Waals surface area contributed by atoms with Crippen molar-refractivity contribution in [1.82, 2.24) is 4.73 Å². The summed E-state index contributed by atoms with van der Waals surface area (Å²) in [7, 11) is 0. The van der Waals surface area contributed by atoms with Crippen LogP contribution in [0.25, 0.3) is 22.5 Å². The molecule has 0 atom stereocenters. The van der Waals surface area contributed by atoms with Gasteiger partial charge in [0.05, 0.1) is 15.7 Å². The summed E-state index contributed by atoms with van der Waals surface area (Å²) in [6.45, 7) is 3.35. The first-order valence-corrected chi connectivity index (χ1v) is 7.08. The van der Waals surface area contributed by atoms with Crippen molar-refractivity contribution in [1.29, 1.82) is 0 Å². The Kier molecular flexibility index (Phi) is 3.51. The van der Waals surface area contributed by atoms with Crippen LogP contribution in [0, 0.1) is 24.0 Å². The number of hydrogen-bond acceptors (Lipinski definition) is 2. The van der Waals surface area contributed by atoms with Gasteiger partial charge >= 0.3 is 0 Å². The number of hydrogen-bond donors (Lipinski definition) is 0. The SMILES string of the molecule is Cc1c(-c2ccccc2)[n+](=O)c(C)c(-c2ccccc2)n1[O-]. The minimum atomic E-state index is 0.394. The lowest BCUT2D eigenvalue weighted by Crippen LogP contribution is -2.28. The third-order valence-electron chi connectivity index (χ3n) is 3.80. The van der Waals surface area contributed by atoms with Gasteiger partial charge < -0.3 is 9.94 Å². The summed E-state index contributed by atoms with van der Waals surface area (Å²) in [5.41, 5.74) is 3.06. The Bertz CT molecular complexity index is 869. The van der Waals surface area contributed by atoms with Crippen LogP contribution in [-0.2, 0) is 0 Å². The Morgan fingerprint density at radius 2 is 1.36 bits per heavy atom. The fourth-order valence-electron chi connectivity index (χ4n) is 2.67. The van der Waals surface area contributed by atoms with Crippen molar-refractivity contribution in [3.8, 4) is 22.5 Å².